The number of aliphatic hydroxyl groups is 1. The number of hydrogen-bond donors (Lipinski definition) is 2. The number of fused-ring (bicyclic) bond motifs is 1. The van der Waals surface area contributed by atoms with Crippen LogP contribution in [0.5, 0.6) is 0 Å². The largest absolute Gasteiger partial charge is 0.390 e. The third-order valence-electron chi connectivity index (χ3n) is 3.63. The van der Waals surface area contributed by atoms with Crippen LogP contribution in [0.1, 0.15) is 40.5 Å². The highest BCUT2D eigenvalue weighted by molar-refractivity contribution is 7.16. The maximum atomic E-state index is 10.5. The van der Waals surface area contributed by atoms with Crippen LogP contribution in [0.15, 0.2) is 30.3 Å². The molecule has 0 saturated heterocycles. The molecule has 1 atom stereocenters. The van der Waals surface area contributed by atoms with Crippen LogP contribution in [-0.2, 0) is 12.8 Å². The van der Waals surface area contributed by atoms with Gasteiger partial charge >= 0.3 is 0 Å². The molecule has 0 saturated carbocycles. The summed E-state index contributed by atoms with van der Waals surface area (Å²) in [6.07, 6.45) is 4.05. The second-order valence-corrected chi connectivity index (χ2v) is 5.94. The van der Waals surface area contributed by atoms with Crippen molar-refractivity contribution in [3.63, 3.8) is 0 Å². The number of benzene rings is 1. The topological polar surface area (TPSA) is 46.2 Å². The van der Waals surface area contributed by atoms with E-state index in [1.54, 1.807) is 11.3 Å². The van der Waals surface area contributed by atoms with Crippen LogP contribution in [-0.4, -0.2) is 5.11 Å². The van der Waals surface area contributed by atoms with E-state index in [2.05, 4.69) is 0 Å². The number of nitrogens with two attached hydrogens (primary N) is 1. The van der Waals surface area contributed by atoms with Crippen LogP contribution < -0.4 is 5.73 Å². The number of nitrogen functional groups attached to an aromatic ring is 1. The maximum absolute atomic E-state index is 10.5. The van der Waals surface area contributed by atoms with Crippen molar-refractivity contribution in [1.29, 1.82) is 0 Å². The van der Waals surface area contributed by atoms with Crippen molar-refractivity contribution in [2.24, 2.45) is 0 Å². The number of hydrogen-bond acceptors (Lipinski definition) is 3. The standard InChI is InChI=1S/C15H17NOS/c16-15-13(11-8-4-5-9-12(11)18-15)14(17)10-6-2-1-3-7-10/h1-3,6-7,14,17H,4-5,8-9,16H2. The van der Waals surface area contributed by atoms with E-state index < -0.39 is 6.10 Å². The van der Waals surface area contributed by atoms with E-state index in [1.807, 2.05) is 30.3 Å². The van der Waals surface area contributed by atoms with Crippen molar-refractivity contribution in [1.82, 2.24) is 0 Å². The molecule has 0 bridgehead atoms. The smallest absolute Gasteiger partial charge is 0.107 e. The fraction of sp³-hybridized carbons (Fsp3) is 0.333. The number of thiophene rings is 1. The van der Waals surface area contributed by atoms with Gasteiger partial charge in [-0.1, -0.05) is 30.3 Å². The highest BCUT2D eigenvalue weighted by Crippen LogP contribution is 2.41. The molecular formula is C15H17NOS. The third kappa shape index (κ3) is 1.93. The highest BCUT2D eigenvalue weighted by atomic mass is 32.1. The van der Waals surface area contributed by atoms with Gasteiger partial charge in [-0.3, -0.25) is 0 Å². The Morgan fingerprint density at radius 2 is 1.83 bits per heavy atom. The lowest BCUT2D eigenvalue weighted by Crippen LogP contribution is -2.07. The summed E-state index contributed by atoms with van der Waals surface area (Å²) < 4.78 is 0. The van der Waals surface area contributed by atoms with Gasteiger partial charge in [0.15, 0.2) is 0 Å². The Kier molecular flexibility index (Phi) is 3.10. The van der Waals surface area contributed by atoms with Crippen LogP contribution in [0, 0.1) is 0 Å². The van der Waals surface area contributed by atoms with Crippen molar-refractivity contribution in [2.45, 2.75) is 31.8 Å². The summed E-state index contributed by atoms with van der Waals surface area (Å²) in [7, 11) is 0. The predicted octanol–water partition coefficient (Wildman–Crippen LogP) is 3.29. The molecule has 1 heterocycles. The van der Waals surface area contributed by atoms with E-state index in [-0.39, 0.29) is 0 Å². The fourth-order valence-corrected chi connectivity index (χ4v) is 3.91. The molecule has 2 aromatic rings. The molecule has 1 aliphatic carbocycles. The Labute approximate surface area is 111 Å². The third-order valence-corrected chi connectivity index (χ3v) is 4.77. The van der Waals surface area contributed by atoms with E-state index in [9.17, 15) is 5.11 Å². The van der Waals surface area contributed by atoms with Gasteiger partial charge in [0.2, 0.25) is 0 Å². The number of rotatable bonds is 2. The molecule has 94 valence electrons. The van der Waals surface area contributed by atoms with Gasteiger partial charge in [0, 0.05) is 10.4 Å². The number of anilines is 1. The molecule has 0 amide bonds. The van der Waals surface area contributed by atoms with Crippen LogP contribution in [0.2, 0.25) is 0 Å². The summed E-state index contributed by atoms with van der Waals surface area (Å²) in [5, 5.41) is 11.3. The van der Waals surface area contributed by atoms with E-state index >= 15 is 0 Å². The minimum Gasteiger partial charge on any atom is -0.390 e. The van der Waals surface area contributed by atoms with Gasteiger partial charge in [0.05, 0.1) is 5.00 Å². The summed E-state index contributed by atoms with van der Waals surface area (Å²) in [4.78, 5) is 1.38. The molecule has 1 aromatic heterocycles. The molecular weight excluding hydrogens is 242 g/mol. The van der Waals surface area contributed by atoms with Crippen LogP contribution in [0.3, 0.4) is 0 Å². The number of aryl methyl sites for hydroxylation is 1. The van der Waals surface area contributed by atoms with Gasteiger partial charge < -0.3 is 10.8 Å². The van der Waals surface area contributed by atoms with E-state index in [0.717, 1.165) is 29.0 Å². The Balaban J connectivity index is 2.04. The van der Waals surface area contributed by atoms with Gasteiger partial charge in [-0.25, -0.2) is 0 Å². The van der Waals surface area contributed by atoms with Crippen molar-refractivity contribution < 1.29 is 5.11 Å². The molecule has 3 N–H and O–H groups in total. The van der Waals surface area contributed by atoms with Gasteiger partial charge in [-0.2, -0.15) is 0 Å². The van der Waals surface area contributed by atoms with Crippen molar-refractivity contribution in [3.8, 4) is 0 Å². The average molecular weight is 259 g/mol. The van der Waals surface area contributed by atoms with Gasteiger partial charge in [-0.05, 0) is 36.8 Å². The highest BCUT2D eigenvalue weighted by Gasteiger charge is 2.24. The van der Waals surface area contributed by atoms with Crippen LogP contribution >= 0.6 is 11.3 Å². The van der Waals surface area contributed by atoms with Crippen molar-refractivity contribution >= 4 is 16.3 Å². The second kappa shape index (κ2) is 4.75. The Bertz CT molecular complexity index is 547. The zero-order chi connectivity index (χ0) is 12.5. The lowest BCUT2D eigenvalue weighted by atomic mass is 9.91. The minimum absolute atomic E-state index is 0.579. The lowest BCUT2D eigenvalue weighted by Gasteiger charge is -2.17. The van der Waals surface area contributed by atoms with Crippen molar-refractivity contribution in [2.75, 3.05) is 5.73 Å². The lowest BCUT2D eigenvalue weighted by molar-refractivity contribution is 0.220. The first-order valence-electron chi connectivity index (χ1n) is 6.40. The number of aliphatic hydroxyl groups excluding tert-OH is 1. The molecule has 0 aliphatic heterocycles. The average Bonchev–Trinajstić information content (AvgIpc) is 2.75. The molecule has 3 rings (SSSR count). The first-order valence-corrected chi connectivity index (χ1v) is 7.22. The van der Waals surface area contributed by atoms with E-state index in [1.165, 1.54) is 23.3 Å². The molecule has 1 aliphatic rings. The fourth-order valence-electron chi connectivity index (χ4n) is 2.71. The first-order chi connectivity index (χ1) is 8.77. The first kappa shape index (κ1) is 11.8. The molecule has 0 radical (unpaired) electrons. The summed E-state index contributed by atoms with van der Waals surface area (Å²) >= 11 is 1.66. The molecule has 0 spiro atoms. The normalized spacial score (nSPS) is 16.3. The molecule has 18 heavy (non-hydrogen) atoms. The van der Waals surface area contributed by atoms with Gasteiger partial charge in [0.25, 0.3) is 0 Å². The maximum Gasteiger partial charge on any atom is 0.107 e. The summed E-state index contributed by atoms with van der Waals surface area (Å²) in [5.74, 6) is 0. The van der Waals surface area contributed by atoms with Gasteiger partial charge in [-0.15, -0.1) is 11.3 Å². The molecule has 1 unspecified atom stereocenters. The second-order valence-electron chi connectivity index (χ2n) is 4.80. The molecule has 1 aromatic carbocycles. The Hall–Kier alpha value is -1.32. The summed E-state index contributed by atoms with van der Waals surface area (Å²) in [5.41, 5.74) is 9.31. The van der Waals surface area contributed by atoms with Crippen molar-refractivity contribution in [3.05, 3.63) is 51.9 Å². The SMILES string of the molecule is Nc1sc2c(c1C(O)c1ccccc1)CCCC2. The van der Waals surface area contributed by atoms with Gasteiger partial charge in [0.1, 0.15) is 6.10 Å². The minimum atomic E-state index is -0.579. The van der Waals surface area contributed by atoms with Crippen LogP contribution in [0.4, 0.5) is 5.00 Å². The Morgan fingerprint density at radius 3 is 2.61 bits per heavy atom. The zero-order valence-electron chi connectivity index (χ0n) is 10.2. The predicted molar refractivity (Wildman–Crippen MR) is 75.9 cm³/mol. The summed E-state index contributed by atoms with van der Waals surface area (Å²) in [6, 6.07) is 9.78. The molecule has 2 nitrogen and oxygen atoms in total. The monoisotopic (exact) mass is 259 g/mol. The summed E-state index contributed by atoms with van der Waals surface area (Å²) in [6.45, 7) is 0. The molecule has 3 heteroatoms. The van der Waals surface area contributed by atoms with Crippen LogP contribution in [0.25, 0.3) is 0 Å². The Morgan fingerprint density at radius 1 is 1.11 bits per heavy atom. The zero-order valence-corrected chi connectivity index (χ0v) is 11.0. The van der Waals surface area contributed by atoms with E-state index in [0.29, 0.717) is 0 Å². The quantitative estimate of drug-likeness (QED) is 0.869. The van der Waals surface area contributed by atoms with E-state index in [4.69, 9.17) is 5.73 Å². The molecule has 0 fully saturated rings.